The van der Waals surface area contributed by atoms with Gasteiger partial charge in [-0.1, -0.05) is 48.6 Å². The molecule has 1 unspecified atom stereocenters. The Morgan fingerprint density at radius 1 is 1.00 bits per heavy atom. The van der Waals surface area contributed by atoms with Crippen LogP contribution in [0.3, 0.4) is 0 Å². The molecule has 1 aliphatic carbocycles. The van der Waals surface area contributed by atoms with Crippen LogP contribution in [0.1, 0.15) is 54.9 Å². The molecule has 1 aliphatic rings. The van der Waals surface area contributed by atoms with E-state index in [0.717, 1.165) is 29.5 Å². The normalized spacial score (nSPS) is 21.2. The van der Waals surface area contributed by atoms with Crippen molar-refractivity contribution in [3.8, 4) is 0 Å². The Balaban J connectivity index is 2.26. The minimum absolute atomic E-state index is 0.709. The summed E-state index contributed by atoms with van der Waals surface area (Å²) < 4.78 is 0. The molecular formula is C15H22O2. The lowest BCUT2D eigenvalue weighted by atomic mass is 9.78. The largest absolute Gasteiger partial charge is 0.387 e. The van der Waals surface area contributed by atoms with Gasteiger partial charge in [0.2, 0.25) is 0 Å². The lowest BCUT2D eigenvalue weighted by molar-refractivity contribution is -0.0992. The number of rotatable bonds is 2. The average Bonchev–Trinajstić information content (AvgIpc) is 2.27. The van der Waals surface area contributed by atoms with Gasteiger partial charge in [0.25, 0.3) is 0 Å². The Bertz CT molecular complexity index is 372. The van der Waals surface area contributed by atoms with E-state index < -0.39 is 11.7 Å². The summed E-state index contributed by atoms with van der Waals surface area (Å²) in [5, 5.41) is 20.9. The SMILES string of the molecule is Cc1cc(C)cc(C(O)C2(O)CCCCC2)c1. The molecule has 1 aromatic rings. The number of aliphatic hydroxyl groups excluding tert-OH is 1. The first-order chi connectivity index (χ1) is 8.01. The van der Waals surface area contributed by atoms with Crippen LogP contribution < -0.4 is 0 Å². The van der Waals surface area contributed by atoms with Crippen LogP contribution in [0.25, 0.3) is 0 Å². The van der Waals surface area contributed by atoms with Crippen molar-refractivity contribution in [3.63, 3.8) is 0 Å². The predicted molar refractivity (Wildman–Crippen MR) is 68.9 cm³/mol. The highest BCUT2D eigenvalue weighted by Crippen LogP contribution is 2.38. The topological polar surface area (TPSA) is 40.5 Å². The van der Waals surface area contributed by atoms with Crippen molar-refractivity contribution in [2.24, 2.45) is 0 Å². The summed E-state index contributed by atoms with van der Waals surface area (Å²) in [6.07, 6.45) is 3.86. The first kappa shape index (κ1) is 12.6. The maximum absolute atomic E-state index is 10.5. The van der Waals surface area contributed by atoms with Crippen molar-refractivity contribution in [2.45, 2.75) is 57.7 Å². The summed E-state index contributed by atoms with van der Waals surface area (Å²) >= 11 is 0. The van der Waals surface area contributed by atoms with Crippen molar-refractivity contribution >= 4 is 0 Å². The Morgan fingerprint density at radius 3 is 2.06 bits per heavy atom. The quantitative estimate of drug-likeness (QED) is 0.825. The van der Waals surface area contributed by atoms with E-state index in [2.05, 4.69) is 6.07 Å². The Labute approximate surface area is 103 Å². The first-order valence-electron chi connectivity index (χ1n) is 6.50. The van der Waals surface area contributed by atoms with Crippen LogP contribution in [0, 0.1) is 13.8 Å². The predicted octanol–water partition coefficient (Wildman–Crippen LogP) is 3.03. The molecule has 17 heavy (non-hydrogen) atoms. The number of hydrogen-bond acceptors (Lipinski definition) is 2. The summed E-state index contributed by atoms with van der Waals surface area (Å²) in [6, 6.07) is 6.04. The highest BCUT2D eigenvalue weighted by molar-refractivity contribution is 5.31. The van der Waals surface area contributed by atoms with Crippen LogP contribution in [-0.4, -0.2) is 15.8 Å². The van der Waals surface area contributed by atoms with E-state index in [-0.39, 0.29) is 0 Å². The second kappa shape index (κ2) is 4.79. The second-order valence-corrected chi connectivity index (χ2v) is 5.49. The summed E-state index contributed by atoms with van der Waals surface area (Å²) in [5.41, 5.74) is 2.21. The number of aliphatic hydroxyl groups is 2. The van der Waals surface area contributed by atoms with E-state index in [9.17, 15) is 10.2 Å². The standard InChI is InChI=1S/C15H22O2/c1-11-8-12(2)10-13(9-11)14(16)15(17)6-4-3-5-7-15/h8-10,14,16-17H,3-7H2,1-2H3. The van der Waals surface area contributed by atoms with Crippen LogP contribution in [-0.2, 0) is 0 Å². The molecule has 0 aliphatic heterocycles. The van der Waals surface area contributed by atoms with Crippen LogP contribution in [0.15, 0.2) is 18.2 Å². The molecule has 0 heterocycles. The molecule has 1 aromatic carbocycles. The van der Waals surface area contributed by atoms with Gasteiger partial charge in [-0.15, -0.1) is 0 Å². The molecule has 1 fully saturated rings. The van der Waals surface area contributed by atoms with Crippen LogP contribution in [0.5, 0.6) is 0 Å². The molecular weight excluding hydrogens is 212 g/mol. The number of benzene rings is 1. The fourth-order valence-electron chi connectivity index (χ4n) is 2.92. The van der Waals surface area contributed by atoms with E-state index in [1.54, 1.807) is 0 Å². The zero-order valence-electron chi connectivity index (χ0n) is 10.7. The number of hydrogen-bond donors (Lipinski definition) is 2. The van der Waals surface area contributed by atoms with Crippen LogP contribution in [0.4, 0.5) is 0 Å². The summed E-state index contributed by atoms with van der Waals surface area (Å²) in [4.78, 5) is 0. The first-order valence-corrected chi connectivity index (χ1v) is 6.50. The molecule has 94 valence electrons. The minimum Gasteiger partial charge on any atom is -0.387 e. The van der Waals surface area contributed by atoms with Gasteiger partial charge in [-0.05, 0) is 32.3 Å². The average molecular weight is 234 g/mol. The van der Waals surface area contributed by atoms with Gasteiger partial charge in [0.05, 0.1) is 5.60 Å². The fraction of sp³-hybridized carbons (Fsp3) is 0.600. The molecule has 2 N–H and O–H groups in total. The third-order valence-corrected chi connectivity index (χ3v) is 3.79. The van der Waals surface area contributed by atoms with E-state index >= 15 is 0 Å². The smallest absolute Gasteiger partial charge is 0.108 e. The zero-order chi connectivity index (χ0) is 12.5. The second-order valence-electron chi connectivity index (χ2n) is 5.49. The highest BCUT2D eigenvalue weighted by atomic mass is 16.3. The van der Waals surface area contributed by atoms with Crippen molar-refractivity contribution in [1.82, 2.24) is 0 Å². The van der Waals surface area contributed by atoms with Gasteiger partial charge in [-0.2, -0.15) is 0 Å². The molecule has 0 saturated heterocycles. The van der Waals surface area contributed by atoms with E-state index in [0.29, 0.717) is 12.8 Å². The molecule has 1 atom stereocenters. The molecule has 1 saturated carbocycles. The van der Waals surface area contributed by atoms with E-state index in [1.165, 1.54) is 6.42 Å². The lowest BCUT2D eigenvalue weighted by Crippen LogP contribution is -2.38. The molecule has 2 nitrogen and oxygen atoms in total. The summed E-state index contributed by atoms with van der Waals surface area (Å²) in [5.74, 6) is 0. The Kier molecular flexibility index (Phi) is 3.55. The molecule has 0 spiro atoms. The third kappa shape index (κ3) is 2.70. The maximum Gasteiger partial charge on any atom is 0.108 e. The fourth-order valence-corrected chi connectivity index (χ4v) is 2.92. The molecule has 0 amide bonds. The van der Waals surface area contributed by atoms with Gasteiger partial charge in [0.15, 0.2) is 0 Å². The van der Waals surface area contributed by atoms with Gasteiger partial charge in [-0.25, -0.2) is 0 Å². The van der Waals surface area contributed by atoms with Crippen molar-refractivity contribution in [2.75, 3.05) is 0 Å². The van der Waals surface area contributed by atoms with E-state index in [1.807, 2.05) is 26.0 Å². The summed E-state index contributed by atoms with van der Waals surface area (Å²) in [7, 11) is 0. The minimum atomic E-state index is -0.918. The summed E-state index contributed by atoms with van der Waals surface area (Å²) in [6.45, 7) is 4.04. The Morgan fingerprint density at radius 2 is 1.53 bits per heavy atom. The van der Waals surface area contributed by atoms with E-state index in [4.69, 9.17) is 0 Å². The Hall–Kier alpha value is -0.860. The van der Waals surface area contributed by atoms with Gasteiger partial charge in [0, 0.05) is 0 Å². The lowest BCUT2D eigenvalue weighted by Gasteiger charge is -2.36. The molecule has 0 aromatic heterocycles. The maximum atomic E-state index is 10.5. The van der Waals surface area contributed by atoms with Crippen molar-refractivity contribution in [3.05, 3.63) is 34.9 Å². The third-order valence-electron chi connectivity index (χ3n) is 3.79. The van der Waals surface area contributed by atoms with Crippen molar-refractivity contribution in [1.29, 1.82) is 0 Å². The van der Waals surface area contributed by atoms with Crippen molar-refractivity contribution < 1.29 is 10.2 Å². The monoisotopic (exact) mass is 234 g/mol. The molecule has 0 radical (unpaired) electrons. The van der Waals surface area contributed by atoms with Crippen LogP contribution >= 0.6 is 0 Å². The molecule has 2 rings (SSSR count). The zero-order valence-corrected chi connectivity index (χ0v) is 10.7. The van der Waals surface area contributed by atoms with Gasteiger partial charge in [-0.3, -0.25) is 0 Å². The van der Waals surface area contributed by atoms with Gasteiger partial charge in [0.1, 0.15) is 6.10 Å². The van der Waals surface area contributed by atoms with Gasteiger partial charge >= 0.3 is 0 Å². The molecule has 2 heteroatoms. The number of aryl methyl sites for hydroxylation is 2. The van der Waals surface area contributed by atoms with Crippen LogP contribution in [0.2, 0.25) is 0 Å². The van der Waals surface area contributed by atoms with Gasteiger partial charge < -0.3 is 10.2 Å². The molecule has 0 bridgehead atoms. The highest BCUT2D eigenvalue weighted by Gasteiger charge is 2.37.